The van der Waals surface area contributed by atoms with Crippen molar-refractivity contribution in [3.63, 3.8) is 0 Å². The molecular weight excluding hydrogens is 370 g/mol. The van der Waals surface area contributed by atoms with Gasteiger partial charge in [0.25, 0.3) is 5.91 Å². The number of para-hydroxylation sites is 1. The van der Waals surface area contributed by atoms with E-state index in [9.17, 15) is 4.79 Å². The first-order valence-corrected chi connectivity index (χ1v) is 7.80. The van der Waals surface area contributed by atoms with Crippen molar-refractivity contribution in [1.82, 2.24) is 5.48 Å². The molecule has 2 aromatic carbocycles. The Balaban J connectivity index is 1.76. The quantitative estimate of drug-likeness (QED) is 0.601. The van der Waals surface area contributed by atoms with Gasteiger partial charge in [0.1, 0.15) is 19.0 Å². The van der Waals surface area contributed by atoms with E-state index in [2.05, 4.69) is 21.4 Å². The number of nitrogens with one attached hydrogen (secondary N) is 1. The number of hydrogen-bond donors (Lipinski definition) is 1. The molecule has 0 saturated carbocycles. The molecule has 0 bridgehead atoms. The number of rotatable bonds is 6. The molecule has 0 saturated heterocycles. The van der Waals surface area contributed by atoms with Crippen LogP contribution in [0, 0.1) is 6.92 Å². The van der Waals surface area contributed by atoms with Crippen molar-refractivity contribution >= 4 is 33.4 Å². The minimum Gasteiger partial charge on any atom is -0.491 e. The van der Waals surface area contributed by atoms with Crippen LogP contribution in [-0.2, 0) is 4.84 Å². The lowest BCUT2D eigenvalue weighted by atomic mass is 10.1. The summed E-state index contributed by atoms with van der Waals surface area (Å²) in [6.45, 7) is 2.44. The summed E-state index contributed by atoms with van der Waals surface area (Å²) in [6, 6.07) is 12.7. The van der Waals surface area contributed by atoms with Gasteiger partial charge < -0.3 is 4.74 Å². The fraction of sp³-hybridized carbons (Fsp3) is 0.188. The van der Waals surface area contributed by atoms with Crippen LogP contribution in [-0.4, -0.2) is 19.1 Å². The summed E-state index contributed by atoms with van der Waals surface area (Å²) < 4.78 is 6.22. The highest BCUT2D eigenvalue weighted by atomic mass is 79.9. The molecule has 0 fully saturated rings. The standard InChI is InChI=1S/C16H15BrClNO3/c1-11-14(17)9-12(10-15(11)18)16(20)19-22-8-7-21-13-5-3-2-4-6-13/h2-6,9-10H,7-8H2,1H3,(H,19,20). The van der Waals surface area contributed by atoms with Crippen LogP contribution >= 0.6 is 27.5 Å². The molecule has 0 spiro atoms. The van der Waals surface area contributed by atoms with Gasteiger partial charge in [-0.15, -0.1) is 0 Å². The molecular formula is C16H15BrClNO3. The molecule has 116 valence electrons. The van der Waals surface area contributed by atoms with Crippen molar-refractivity contribution in [2.24, 2.45) is 0 Å². The molecule has 0 aliphatic carbocycles. The Morgan fingerprint density at radius 2 is 1.95 bits per heavy atom. The number of ether oxygens (including phenoxy) is 1. The Bertz CT molecular complexity index is 626. The Labute approximate surface area is 142 Å². The van der Waals surface area contributed by atoms with Gasteiger partial charge >= 0.3 is 0 Å². The molecule has 4 nitrogen and oxygen atoms in total. The van der Waals surface area contributed by atoms with Gasteiger partial charge in [0, 0.05) is 15.1 Å². The zero-order valence-corrected chi connectivity index (χ0v) is 14.3. The molecule has 1 amide bonds. The summed E-state index contributed by atoms with van der Waals surface area (Å²) in [5, 5.41) is 0.520. The van der Waals surface area contributed by atoms with E-state index in [1.54, 1.807) is 12.1 Å². The Morgan fingerprint density at radius 1 is 1.23 bits per heavy atom. The maximum absolute atomic E-state index is 11.9. The van der Waals surface area contributed by atoms with Gasteiger partial charge in [-0.3, -0.25) is 9.63 Å². The summed E-state index contributed by atoms with van der Waals surface area (Å²) in [5.41, 5.74) is 3.67. The lowest BCUT2D eigenvalue weighted by molar-refractivity contribution is 0.0200. The first kappa shape index (κ1) is 16.8. The van der Waals surface area contributed by atoms with Crippen molar-refractivity contribution in [3.8, 4) is 5.75 Å². The van der Waals surface area contributed by atoms with E-state index in [1.807, 2.05) is 37.3 Å². The summed E-state index contributed by atoms with van der Waals surface area (Å²) in [4.78, 5) is 17.0. The van der Waals surface area contributed by atoms with Crippen molar-refractivity contribution in [1.29, 1.82) is 0 Å². The van der Waals surface area contributed by atoms with Crippen molar-refractivity contribution in [2.45, 2.75) is 6.92 Å². The van der Waals surface area contributed by atoms with Crippen molar-refractivity contribution in [2.75, 3.05) is 13.2 Å². The number of benzene rings is 2. The molecule has 0 heterocycles. The van der Waals surface area contributed by atoms with E-state index in [4.69, 9.17) is 21.2 Å². The predicted molar refractivity (Wildman–Crippen MR) is 89.2 cm³/mol. The van der Waals surface area contributed by atoms with Crippen molar-refractivity contribution in [3.05, 3.63) is 63.1 Å². The third kappa shape index (κ3) is 4.73. The number of hydrogen-bond acceptors (Lipinski definition) is 3. The van der Waals surface area contributed by atoms with E-state index in [-0.39, 0.29) is 12.5 Å². The van der Waals surface area contributed by atoms with Crippen LogP contribution in [0.25, 0.3) is 0 Å². The number of hydroxylamine groups is 1. The van der Waals surface area contributed by atoms with Gasteiger partial charge in [-0.2, -0.15) is 0 Å². The predicted octanol–water partition coefficient (Wildman–Crippen LogP) is 4.15. The zero-order chi connectivity index (χ0) is 15.9. The second-order valence-corrected chi connectivity index (χ2v) is 5.77. The Kier molecular flexibility index (Phi) is 6.24. The van der Waals surface area contributed by atoms with Gasteiger partial charge in [-0.25, -0.2) is 5.48 Å². The lowest BCUT2D eigenvalue weighted by Crippen LogP contribution is -2.26. The van der Waals surface area contributed by atoms with E-state index in [0.29, 0.717) is 17.2 Å². The van der Waals surface area contributed by atoms with Gasteiger partial charge in [-0.1, -0.05) is 45.7 Å². The van der Waals surface area contributed by atoms with E-state index >= 15 is 0 Å². The largest absolute Gasteiger partial charge is 0.491 e. The van der Waals surface area contributed by atoms with Crippen LogP contribution in [0.1, 0.15) is 15.9 Å². The van der Waals surface area contributed by atoms with E-state index < -0.39 is 0 Å². The fourth-order valence-electron chi connectivity index (χ4n) is 1.67. The van der Waals surface area contributed by atoms with E-state index in [0.717, 1.165) is 15.8 Å². The molecule has 0 unspecified atom stereocenters. The smallest absolute Gasteiger partial charge is 0.274 e. The Morgan fingerprint density at radius 3 is 2.64 bits per heavy atom. The fourth-order valence-corrected chi connectivity index (χ4v) is 2.46. The molecule has 2 rings (SSSR count). The lowest BCUT2D eigenvalue weighted by Gasteiger charge is -2.09. The topological polar surface area (TPSA) is 47.6 Å². The van der Waals surface area contributed by atoms with Crippen LogP contribution < -0.4 is 10.2 Å². The first-order chi connectivity index (χ1) is 10.6. The monoisotopic (exact) mass is 383 g/mol. The van der Waals surface area contributed by atoms with Crippen LogP contribution in [0.2, 0.25) is 5.02 Å². The molecule has 0 aliphatic heterocycles. The number of amides is 1. The summed E-state index contributed by atoms with van der Waals surface area (Å²) in [6.07, 6.45) is 0. The molecule has 0 aliphatic rings. The number of halogens is 2. The Hall–Kier alpha value is -1.56. The molecule has 0 radical (unpaired) electrons. The maximum Gasteiger partial charge on any atom is 0.274 e. The van der Waals surface area contributed by atoms with Crippen LogP contribution in [0.5, 0.6) is 5.75 Å². The third-order valence-corrected chi connectivity index (χ3v) is 4.12. The average Bonchev–Trinajstić information content (AvgIpc) is 2.52. The van der Waals surface area contributed by atoms with Gasteiger partial charge in [0.2, 0.25) is 0 Å². The van der Waals surface area contributed by atoms with Crippen LogP contribution in [0.3, 0.4) is 0 Å². The molecule has 0 aromatic heterocycles. The minimum absolute atomic E-state index is 0.237. The van der Waals surface area contributed by atoms with Crippen LogP contribution in [0.15, 0.2) is 46.9 Å². The summed E-state index contributed by atoms with van der Waals surface area (Å²) in [5.74, 6) is 0.397. The second kappa shape index (κ2) is 8.17. The maximum atomic E-state index is 11.9. The molecule has 1 N–H and O–H groups in total. The summed E-state index contributed by atoms with van der Waals surface area (Å²) in [7, 11) is 0. The SMILES string of the molecule is Cc1c(Cl)cc(C(=O)NOCCOc2ccccc2)cc1Br. The second-order valence-electron chi connectivity index (χ2n) is 4.51. The molecule has 6 heteroatoms. The highest BCUT2D eigenvalue weighted by Gasteiger charge is 2.10. The van der Waals surface area contributed by atoms with Gasteiger partial charge in [-0.05, 0) is 36.8 Å². The highest BCUT2D eigenvalue weighted by molar-refractivity contribution is 9.10. The molecule has 2 aromatic rings. The minimum atomic E-state index is -0.359. The number of carbonyl (C=O) groups excluding carboxylic acids is 1. The highest BCUT2D eigenvalue weighted by Crippen LogP contribution is 2.25. The first-order valence-electron chi connectivity index (χ1n) is 6.63. The number of carbonyl (C=O) groups is 1. The summed E-state index contributed by atoms with van der Waals surface area (Å²) >= 11 is 9.40. The average molecular weight is 385 g/mol. The molecule has 0 atom stereocenters. The van der Waals surface area contributed by atoms with Gasteiger partial charge in [0.05, 0.1) is 0 Å². The van der Waals surface area contributed by atoms with E-state index in [1.165, 1.54) is 0 Å². The van der Waals surface area contributed by atoms with Crippen LogP contribution in [0.4, 0.5) is 0 Å². The zero-order valence-electron chi connectivity index (χ0n) is 11.9. The third-order valence-electron chi connectivity index (χ3n) is 2.91. The van der Waals surface area contributed by atoms with Gasteiger partial charge in [0.15, 0.2) is 0 Å². The molecule has 22 heavy (non-hydrogen) atoms. The normalized spacial score (nSPS) is 10.3. The van der Waals surface area contributed by atoms with Crippen molar-refractivity contribution < 1.29 is 14.4 Å².